The summed E-state index contributed by atoms with van der Waals surface area (Å²) >= 11 is 18.9. The van der Waals surface area contributed by atoms with Gasteiger partial charge in [0.15, 0.2) is 0 Å². The minimum atomic E-state index is 0.163. The van der Waals surface area contributed by atoms with Gasteiger partial charge in [-0.1, -0.05) is 83.3 Å². The third-order valence-corrected chi connectivity index (χ3v) is 5.52. The van der Waals surface area contributed by atoms with Gasteiger partial charge in [0.25, 0.3) is 0 Å². The molecule has 0 amide bonds. The topological polar surface area (TPSA) is 9.23 Å². The number of halogens is 3. The van der Waals surface area contributed by atoms with E-state index in [2.05, 4.69) is 30.3 Å². The van der Waals surface area contributed by atoms with Crippen molar-refractivity contribution in [1.29, 1.82) is 0 Å². The van der Waals surface area contributed by atoms with Crippen molar-refractivity contribution in [2.45, 2.75) is 25.4 Å². The van der Waals surface area contributed by atoms with Crippen molar-refractivity contribution in [3.8, 4) is 16.9 Å². The maximum Gasteiger partial charge on any atom is 0.130 e. The fraction of sp³-hybridized carbons (Fsp3) is 0.182. The van der Waals surface area contributed by atoms with E-state index in [0.29, 0.717) is 15.1 Å². The van der Waals surface area contributed by atoms with Crippen LogP contribution in [0.3, 0.4) is 0 Å². The van der Waals surface area contributed by atoms with Gasteiger partial charge in [0.1, 0.15) is 11.9 Å². The molecule has 1 nitrogen and oxygen atoms in total. The zero-order valence-corrected chi connectivity index (χ0v) is 16.3. The van der Waals surface area contributed by atoms with Crippen molar-refractivity contribution in [1.82, 2.24) is 0 Å². The lowest BCUT2D eigenvalue weighted by molar-refractivity contribution is 0.222. The monoisotopic (exact) mass is 402 g/mol. The lowest BCUT2D eigenvalue weighted by Gasteiger charge is -2.14. The SMILES string of the molecule is Clc1cc(Cl)c(-c2cccc3c2OC(CCc2ccccc2)C3)c(Cl)c1. The third-order valence-electron chi connectivity index (χ3n) is 4.70. The standard InChI is InChI=1S/C22H17Cl3O/c23-16-12-19(24)21(20(25)13-16)18-8-4-7-15-11-17(26-22(15)18)10-9-14-5-2-1-3-6-14/h1-8,12-13,17H,9-11H2. The van der Waals surface area contributed by atoms with Gasteiger partial charge in [0.05, 0.1) is 10.0 Å². The predicted molar refractivity (Wildman–Crippen MR) is 110 cm³/mol. The molecule has 1 atom stereocenters. The first kappa shape index (κ1) is 17.7. The van der Waals surface area contributed by atoms with Crippen molar-refractivity contribution in [3.05, 3.63) is 86.9 Å². The number of ether oxygens (including phenoxy) is 1. The highest BCUT2D eigenvalue weighted by atomic mass is 35.5. The van der Waals surface area contributed by atoms with Crippen LogP contribution in [0, 0.1) is 0 Å². The summed E-state index contributed by atoms with van der Waals surface area (Å²) in [5.41, 5.74) is 4.23. The highest BCUT2D eigenvalue weighted by Gasteiger charge is 2.27. The molecule has 0 saturated heterocycles. The molecule has 1 unspecified atom stereocenters. The van der Waals surface area contributed by atoms with Gasteiger partial charge in [-0.3, -0.25) is 0 Å². The molecule has 0 bridgehead atoms. The maximum absolute atomic E-state index is 6.42. The Kier molecular flexibility index (Phi) is 5.13. The number of hydrogen-bond acceptors (Lipinski definition) is 1. The van der Waals surface area contributed by atoms with E-state index in [-0.39, 0.29) is 6.10 Å². The number of rotatable bonds is 4. The zero-order valence-electron chi connectivity index (χ0n) is 14.0. The van der Waals surface area contributed by atoms with Gasteiger partial charge in [-0.25, -0.2) is 0 Å². The largest absolute Gasteiger partial charge is 0.489 e. The number of fused-ring (bicyclic) bond motifs is 1. The Balaban J connectivity index is 1.59. The van der Waals surface area contributed by atoms with Gasteiger partial charge in [-0.15, -0.1) is 0 Å². The second kappa shape index (κ2) is 7.52. The van der Waals surface area contributed by atoms with Crippen LogP contribution in [0.1, 0.15) is 17.5 Å². The summed E-state index contributed by atoms with van der Waals surface area (Å²) in [6.07, 6.45) is 3.03. The molecule has 3 aromatic carbocycles. The Bertz CT molecular complexity index is 914. The molecule has 0 aliphatic carbocycles. The van der Waals surface area contributed by atoms with Crippen LogP contribution in [0.25, 0.3) is 11.1 Å². The molecule has 0 saturated carbocycles. The molecule has 132 valence electrons. The van der Waals surface area contributed by atoms with Gasteiger partial charge in [-0.2, -0.15) is 0 Å². The van der Waals surface area contributed by atoms with Gasteiger partial charge in [0.2, 0.25) is 0 Å². The van der Waals surface area contributed by atoms with E-state index in [1.165, 1.54) is 11.1 Å². The molecule has 1 aliphatic rings. The number of benzene rings is 3. The molecule has 1 aliphatic heterocycles. The summed E-state index contributed by atoms with van der Waals surface area (Å²) in [4.78, 5) is 0. The lowest BCUT2D eigenvalue weighted by atomic mass is 9.99. The van der Waals surface area contributed by atoms with Crippen LogP contribution in [-0.4, -0.2) is 6.10 Å². The molecule has 3 aromatic rings. The molecular formula is C22H17Cl3O. The summed E-state index contributed by atoms with van der Waals surface area (Å²) in [6, 6.07) is 20.1. The zero-order chi connectivity index (χ0) is 18.1. The predicted octanol–water partition coefficient (Wildman–Crippen LogP) is 7.25. The second-order valence-electron chi connectivity index (χ2n) is 6.51. The van der Waals surface area contributed by atoms with E-state index < -0.39 is 0 Å². The van der Waals surface area contributed by atoms with Crippen molar-refractivity contribution >= 4 is 34.8 Å². The van der Waals surface area contributed by atoms with E-state index >= 15 is 0 Å². The molecule has 4 rings (SSSR count). The summed E-state index contributed by atoms with van der Waals surface area (Å²) in [6.45, 7) is 0. The molecule has 0 aromatic heterocycles. The molecule has 0 spiro atoms. The van der Waals surface area contributed by atoms with Crippen LogP contribution in [0.2, 0.25) is 15.1 Å². The summed E-state index contributed by atoms with van der Waals surface area (Å²) in [5.74, 6) is 0.886. The van der Waals surface area contributed by atoms with Gasteiger partial charge in [0, 0.05) is 22.6 Å². The fourth-order valence-electron chi connectivity index (χ4n) is 3.47. The summed E-state index contributed by atoms with van der Waals surface area (Å²) < 4.78 is 6.30. The molecule has 26 heavy (non-hydrogen) atoms. The van der Waals surface area contributed by atoms with Crippen LogP contribution >= 0.6 is 34.8 Å². The first-order valence-corrected chi connectivity index (χ1v) is 9.72. The van der Waals surface area contributed by atoms with Crippen LogP contribution in [0.5, 0.6) is 5.75 Å². The van der Waals surface area contributed by atoms with Crippen molar-refractivity contribution in [3.63, 3.8) is 0 Å². The lowest BCUT2D eigenvalue weighted by Crippen LogP contribution is -2.13. The second-order valence-corrected chi connectivity index (χ2v) is 7.76. The number of para-hydroxylation sites is 1. The van der Waals surface area contributed by atoms with Crippen LogP contribution in [-0.2, 0) is 12.8 Å². The normalized spacial score (nSPS) is 15.6. The highest BCUT2D eigenvalue weighted by molar-refractivity contribution is 6.42. The van der Waals surface area contributed by atoms with E-state index in [1.807, 2.05) is 18.2 Å². The Labute approximate surface area is 168 Å². The molecule has 4 heteroatoms. The van der Waals surface area contributed by atoms with E-state index in [9.17, 15) is 0 Å². The van der Waals surface area contributed by atoms with Gasteiger partial charge in [-0.05, 0) is 36.1 Å². The Morgan fingerprint density at radius 2 is 1.62 bits per heavy atom. The van der Waals surface area contributed by atoms with E-state index in [4.69, 9.17) is 39.5 Å². The molecule has 0 N–H and O–H groups in total. The minimum Gasteiger partial charge on any atom is -0.489 e. The molecule has 0 fully saturated rings. The van der Waals surface area contributed by atoms with E-state index in [0.717, 1.165) is 36.1 Å². The van der Waals surface area contributed by atoms with Crippen molar-refractivity contribution < 1.29 is 4.74 Å². The first-order valence-electron chi connectivity index (χ1n) is 8.59. The summed E-state index contributed by atoms with van der Waals surface area (Å²) in [7, 11) is 0. The average molecular weight is 404 g/mol. The van der Waals surface area contributed by atoms with Crippen LogP contribution < -0.4 is 4.74 Å². The number of hydrogen-bond donors (Lipinski definition) is 0. The van der Waals surface area contributed by atoms with Gasteiger partial charge < -0.3 is 4.74 Å². The van der Waals surface area contributed by atoms with Crippen LogP contribution in [0.15, 0.2) is 60.7 Å². The Morgan fingerprint density at radius 3 is 2.35 bits per heavy atom. The Hall–Kier alpha value is -1.67. The minimum absolute atomic E-state index is 0.163. The van der Waals surface area contributed by atoms with Crippen LogP contribution in [0.4, 0.5) is 0 Å². The van der Waals surface area contributed by atoms with E-state index in [1.54, 1.807) is 12.1 Å². The maximum atomic E-state index is 6.42. The summed E-state index contributed by atoms with van der Waals surface area (Å²) in [5, 5.41) is 1.59. The highest BCUT2D eigenvalue weighted by Crippen LogP contribution is 2.45. The fourth-order valence-corrected chi connectivity index (χ4v) is 4.49. The number of aryl methyl sites for hydroxylation is 1. The average Bonchev–Trinajstić information content (AvgIpc) is 3.04. The smallest absolute Gasteiger partial charge is 0.130 e. The third kappa shape index (κ3) is 3.57. The molecule has 1 heterocycles. The van der Waals surface area contributed by atoms with Crippen molar-refractivity contribution in [2.24, 2.45) is 0 Å². The van der Waals surface area contributed by atoms with Gasteiger partial charge >= 0.3 is 0 Å². The Morgan fingerprint density at radius 1 is 0.885 bits per heavy atom. The molecule has 0 radical (unpaired) electrons. The molecular weight excluding hydrogens is 387 g/mol. The van der Waals surface area contributed by atoms with Crippen molar-refractivity contribution in [2.75, 3.05) is 0 Å². The first-order chi connectivity index (χ1) is 12.6. The quantitative estimate of drug-likeness (QED) is 0.446.